The molecule has 0 aromatic heterocycles. The van der Waals surface area contributed by atoms with Crippen molar-refractivity contribution in [3.63, 3.8) is 0 Å². The Hall–Kier alpha value is -0.820. The number of Topliss-reactive ketones (excluding diaryl/α,β-unsaturated/α-hetero) is 1. The van der Waals surface area contributed by atoms with Crippen molar-refractivity contribution in [2.75, 3.05) is 0 Å². The van der Waals surface area contributed by atoms with Gasteiger partial charge in [0.25, 0.3) is 0 Å². The summed E-state index contributed by atoms with van der Waals surface area (Å²) >= 11 is 5.95. The van der Waals surface area contributed by atoms with Gasteiger partial charge in [-0.25, -0.2) is 0 Å². The Labute approximate surface area is 83.7 Å². The Morgan fingerprint density at radius 1 is 1.38 bits per heavy atom. The lowest BCUT2D eigenvalue weighted by Gasteiger charge is -2.01. The maximum Gasteiger partial charge on any atom is 0.129 e. The van der Waals surface area contributed by atoms with Crippen LogP contribution in [-0.4, -0.2) is 5.78 Å². The van der Waals surface area contributed by atoms with E-state index in [-0.39, 0.29) is 5.78 Å². The van der Waals surface area contributed by atoms with Gasteiger partial charge >= 0.3 is 0 Å². The van der Waals surface area contributed by atoms with Gasteiger partial charge in [-0.3, -0.25) is 0 Å². The van der Waals surface area contributed by atoms with Crippen LogP contribution in [-0.2, 0) is 11.2 Å². The number of halogens is 1. The smallest absolute Gasteiger partial charge is 0.129 e. The number of ketones is 1. The van der Waals surface area contributed by atoms with Crippen LogP contribution in [0.4, 0.5) is 0 Å². The second-order valence-corrected chi connectivity index (χ2v) is 3.55. The van der Waals surface area contributed by atoms with Crippen molar-refractivity contribution in [2.24, 2.45) is 0 Å². The van der Waals surface area contributed by atoms with Crippen molar-refractivity contribution in [3.05, 3.63) is 34.9 Å². The molecule has 0 aliphatic heterocycles. The van der Waals surface area contributed by atoms with Gasteiger partial charge in [0.2, 0.25) is 0 Å². The minimum atomic E-state index is 0.243. The quantitative estimate of drug-likeness (QED) is 0.723. The van der Waals surface area contributed by atoms with E-state index in [0.29, 0.717) is 6.42 Å². The molecule has 0 amide bonds. The molecule has 0 saturated carbocycles. The molecule has 0 saturated heterocycles. The molecular formula is C11H13ClO. The predicted octanol–water partition coefficient (Wildman–Crippen LogP) is 3.25. The maximum atomic E-state index is 10.7. The van der Waals surface area contributed by atoms with Gasteiger partial charge in [-0.15, -0.1) is 0 Å². The summed E-state index contributed by atoms with van der Waals surface area (Å²) in [5.41, 5.74) is 1.13. The van der Waals surface area contributed by atoms with Gasteiger partial charge in [0.1, 0.15) is 5.78 Å². The molecule has 0 fully saturated rings. The van der Waals surface area contributed by atoms with Crippen LogP contribution < -0.4 is 0 Å². The van der Waals surface area contributed by atoms with E-state index in [1.807, 2.05) is 24.3 Å². The third-order valence-electron chi connectivity index (χ3n) is 1.93. The highest BCUT2D eigenvalue weighted by atomic mass is 35.5. The average molecular weight is 197 g/mol. The lowest BCUT2D eigenvalue weighted by molar-refractivity contribution is -0.117. The van der Waals surface area contributed by atoms with Crippen molar-refractivity contribution < 1.29 is 4.79 Å². The molecule has 2 heteroatoms. The Kier molecular flexibility index (Phi) is 3.97. The Morgan fingerprint density at radius 2 is 2.08 bits per heavy atom. The van der Waals surface area contributed by atoms with Crippen LogP contribution >= 0.6 is 11.6 Å². The van der Waals surface area contributed by atoms with Crippen LogP contribution in [0.2, 0.25) is 5.02 Å². The molecule has 1 nitrogen and oxygen atoms in total. The molecular weight excluding hydrogens is 184 g/mol. The largest absolute Gasteiger partial charge is 0.300 e. The molecule has 13 heavy (non-hydrogen) atoms. The van der Waals surface area contributed by atoms with Gasteiger partial charge in [0, 0.05) is 11.4 Å². The molecule has 0 N–H and O–H groups in total. The van der Waals surface area contributed by atoms with E-state index < -0.39 is 0 Å². The first-order valence-electron chi connectivity index (χ1n) is 4.43. The Morgan fingerprint density at radius 3 is 2.69 bits per heavy atom. The molecule has 1 aromatic rings. The molecule has 0 unspecified atom stereocenters. The topological polar surface area (TPSA) is 17.1 Å². The summed E-state index contributed by atoms with van der Waals surface area (Å²) in [6, 6.07) is 7.76. The van der Waals surface area contributed by atoms with Crippen molar-refractivity contribution in [1.29, 1.82) is 0 Å². The molecule has 0 bridgehead atoms. The fraction of sp³-hybridized carbons (Fsp3) is 0.364. The predicted molar refractivity (Wildman–Crippen MR) is 55.1 cm³/mol. The molecule has 70 valence electrons. The molecule has 0 aliphatic rings. The third-order valence-corrected chi connectivity index (χ3v) is 2.30. The zero-order valence-corrected chi connectivity index (χ0v) is 8.47. The first-order valence-corrected chi connectivity index (χ1v) is 4.81. The molecule has 0 atom stereocenters. The molecule has 0 heterocycles. The Balaban J connectivity index is 2.45. The van der Waals surface area contributed by atoms with Crippen LogP contribution in [0.1, 0.15) is 25.3 Å². The van der Waals surface area contributed by atoms with Crippen molar-refractivity contribution in [3.8, 4) is 0 Å². The van der Waals surface area contributed by atoms with E-state index in [2.05, 4.69) is 0 Å². The number of carbonyl (C=O) groups is 1. The second kappa shape index (κ2) is 5.03. The van der Waals surface area contributed by atoms with Crippen LogP contribution in [0.5, 0.6) is 0 Å². The number of hydrogen-bond acceptors (Lipinski definition) is 1. The van der Waals surface area contributed by atoms with Crippen LogP contribution in [0, 0.1) is 0 Å². The second-order valence-electron chi connectivity index (χ2n) is 3.15. The molecule has 0 aliphatic carbocycles. The van der Waals surface area contributed by atoms with Gasteiger partial charge < -0.3 is 4.79 Å². The highest BCUT2D eigenvalue weighted by Crippen LogP contribution is 2.16. The minimum Gasteiger partial charge on any atom is -0.300 e. The summed E-state index contributed by atoms with van der Waals surface area (Å²) < 4.78 is 0. The monoisotopic (exact) mass is 196 g/mol. The van der Waals surface area contributed by atoms with Gasteiger partial charge in [-0.2, -0.15) is 0 Å². The number of hydrogen-bond donors (Lipinski definition) is 0. The van der Waals surface area contributed by atoms with E-state index >= 15 is 0 Å². The van der Waals surface area contributed by atoms with Gasteiger partial charge in [-0.1, -0.05) is 29.8 Å². The number of rotatable bonds is 4. The zero-order valence-electron chi connectivity index (χ0n) is 7.72. The highest BCUT2D eigenvalue weighted by molar-refractivity contribution is 6.31. The maximum absolute atomic E-state index is 10.7. The van der Waals surface area contributed by atoms with E-state index in [1.165, 1.54) is 0 Å². The fourth-order valence-corrected chi connectivity index (χ4v) is 1.46. The standard InChI is InChI=1S/C11H13ClO/c1-9(13)5-4-7-10-6-2-3-8-11(10)12/h2-3,6,8H,4-5,7H2,1H3. The summed E-state index contributed by atoms with van der Waals surface area (Å²) in [6.45, 7) is 1.62. The van der Waals surface area contributed by atoms with Crippen molar-refractivity contribution in [2.45, 2.75) is 26.2 Å². The van der Waals surface area contributed by atoms with E-state index in [0.717, 1.165) is 23.4 Å². The fourth-order valence-electron chi connectivity index (χ4n) is 1.23. The van der Waals surface area contributed by atoms with E-state index in [1.54, 1.807) is 6.92 Å². The minimum absolute atomic E-state index is 0.243. The van der Waals surface area contributed by atoms with Gasteiger partial charge in [-0.05, 0) is 31.4 Å². The van der Waals surface area contributed by atoms with Crippen LogP contribution in [0.25, 0.3) is 0 Å². The summed E-state index contributed by atoms with van der Waals surface area (Å²) in [6.07, 6.45) is 2.42. The summed E-state index contributed by atoms with van der Waals surface area (Å²) in [5, 5.41) is 0.797. The third kappa shape index (κ3) is 3.60. The average Bonchev–Trinajstić information content (AvgIpc) is 2.08. The lowest BCUT2D eigenvalue weighted by atomic mass is 10.1. The summed E-state index contributed by atoms with van der Waals surface area (Å²) in [4.78, 5) is 10.7. The Bertz CT molecular complexity index is 294. The van der Waals surface area contributed by atoms with E-state index in [4.69, 9.17) is 11.6 Å². The SMILES string of the molecule is CC(=O)CCCc1ccccc1Cl. The van der Waals surface area contributed by atoms with Crippen LogP contribution in [0.15, 0.2) is 24.3 Å². The normalized spacial score (nSPS) is 10.0. The number of benzene rings is 1. The van der Waals surface area contributed by atoms with Gasteiger partial charge in [0.15, 0.2) is 0 Å². The highest BCUT2D eigenvalue weighted by Gasteiger charge is 1.99. The number of aryl methyl sites for hydroxylation is 1. The molecule has 1 aromatic carbocycles. The first kappa shape index (κ1) is 10.3. The zero-order chi connectivity index (χ0) is 9.68. The molecule has 1 rings (SSSR count). The first-order chi connectivity index (χ1) is 6.20. The molecule has 0 spiro atoms. The van der Waals surface area contributed by atoms with Crippen molar-refractivity contribution >= 4 is 17.4 Å². The number of carbonyl (C=O) groups excluding carboxylic acids is 1. The summed E-state index contributed by atoms with van der Waals surface area (Å²) in [7, 11) is 0. The lowest BCUT2D eigenvalue weighted by Crippen LogP contribution is -1.92. The van der Waals surface area contributed by atoms with Crippen molar-refractivity contribution in [1.82, 2.24) is 0 Å². The summed E-state index contributed by atoms with van der Waals surface area (Å²) in [5.74, 6) is 0.243. The molecule has 0 radical (unpaired) electrons. The van der Waals surface area contributed by atoms with Gasteiger partial charge in [0.05, 0.1) is 0 Å². The van der Waals surface area contributed by atoms with E-state index in [9.17, 15) is 4.79 Å². The van der Waals surface area contributed by atoms with Crippen LogP contribution in [0.3, 0.4) is 0 Å².